The number of fused-ring (bicyclic) bond motifs is 1. The monoisotopic (exact) mass is 382 g/mol. The number of thiazole rings is 1. The second kappa shape index (κ2) is 5.98. The molecular weight excluding hydrogens is 372 g/mol. The van der Waals surface area contributed by atoms with Crippen LogP contribution in [0, 0.1) is 0 Å². The summed E-state index contributed by atoms with van der Waals surface area (Å²) in [6, 6.07) is 6.83. The van der Waals surface area contributed by atoms with Gasteiger partial charge in [-0.3, -0.25) is 10.1 Å². The molecule has 0 atom stereocenters. The van der Waals surface area contributed by atoms with Gasteiger partial charge in [0.15, 0.2) is 27.1 Å². The number of hydrogen-bond donors (Lipinski definition) is 1. The van der Waals surface area contributed by atoms with E-state index in [-0.39, 0.29) is 11.7 Å². The smallest absolute Gasteiger partial charge is 0.293 e. The molecule has 1 aromatic carbocycles. The summed E-state index contributed by atoms with van der Waals surface area (Å²) in [5, 5.41) is 3.18. The van der Waals surface area contributed by atoms with Gasteiger partial charge in [-0.2, -0.15) is 0 Å². The molecule has 1 amide bonds. The fraction of sp³-hybridized carbons (Fsp3) is 0.143. The molecule has 0 aliphatic carbocycles. The maximum atomic E-state index is 12.0. The number of carbonyl (C=O) groups excluding carboxylic acids is 1. The van der Waals surface area contributed by atoms with E-state index in [0.29, 0.717) is 21.3 Å². The fourth-order valence-electron chi connectivity index (χ4n) is 1.90. The third kappa shape index (κ3) is 2.79. The summed E-state index contributed by atoms with van der Waals surface area (Å²) in [6.07, 6.45) is 0. The van der Waals surface area contributed by atoms with Crippen LogP contribution in [-0.2, 0) is 0 Å². The third-order valence-corrected chi connectivity index (χ3v) is 4.27. The Bertz CT molecular complexity index is 802. The van der Waals surface area contributed by atoms with E-state index in [1.165, 1.54) is 11.3 Å². The van der Waals surface area contributed by atoms with Gasteiger partial charge >= 0.3 is 0 Å². The molecule has 0 spiro atoms. The van der Waals surface area contributed by atoms with Crippen LogP contribution in [0.25, 0.3) is 10.2 Å². The zero-order chi connectivity index (χ0) is 15.7. The van der Waals surface area contributed by atoms with Crippen molar-refractivity contribution in [3.63, 3.8) is 0 Å². The molecule has 0 aliphatic heterocycles. The lowest BCUT2D eigenvalue weighted by Crippen LogP contribution is -2.10. The first-order valence-corrected chi connectivity index (χ1v) is 7.81. The number of furan rings is 1. The van der Waals surface area contributed by atoms with Crippen molar-refractivity contribution < 1.29 is 18.7 Å². The summed E-state index contributed by atoms with van der Waals surface area (Å²) in [6.45, 7) is 0. The Labute approximate surface area is 138 Å². The molecule has 8 heteroatoms. The van der Waals surface area contributed by atoms with E-state index in [1.54, 1.807) is 32.4 Å². The van der Waals surface area contributed by atoms with E-state index in [9.17, 15) is 4.79 Å². The van der Waals surface area contributed by atoms with Gasteiger partial charge in [-0.05, 0) is 28.1 Å². The first-order chi connectivity index (χ1) is 10.6. The second-order valence-electron chi connectivity index (χ2n) is 4.25. The van der Waals surface area contributed by atoms with Crippen LogP contribution in [-0.4, -0.2) is 25.1 Å². The van der Waals surface area contributed by atoms with Crippen LogP contribution >= 0.6 is 27.3 Å². The number of nitrogens with one attached hydrogen (secondary N) is 1. The number of anilines is 1. The van der Waals surface area contributed by atoms with E-state index in [0.717, 1.165) is 10.2 Å². The Morgan fingerprint density at radius 1 is 1.27 bits per heavy atom. The van der Waals surface area contributed by atoms with Crippen LogP contribution in [0.4, 0.5) is 5.13 Å². The van der Waals surface area contributed by atoms with Gasteiger partial charge in [0.05, 0.1) is 24.4 Å². The maximum Gasteiger partial charge on any atom is 0.293 e. The van der Waals surface area contributed by atoms with Crippen LogP contribution in [0.1, 0.15) is 10.6 Å². The summed E-state index contributed by atoms with van der Waals surface area (Å²) in [5.41, 5.74) is 0.721. The number of carbonyl (C=O) groups is 1. The van der Waals surface area contributed by atoms with E-state index in [1.807, 2.05) is 6.07 Å². The van der Waals surface area contributed by atoms with Crippen molar-refractivity contribution >= 4 is 48.5 Å². The predicted octanol–water partition coefficient (Wildman–Crippen LogP) is 3.92. The number of hydrogen-bond acceptors (Lipinski definition) is 6. The summed E-state index contributed by atoms with van der Waals surface area (Å²) >= 11 is 4.50. The molecule has 114 valence electrons. The average Bonchev–Trinajstić information content (AvgIpc) is 3.10. The summed E-state index contributed by atoms with van der Waals surface area (Å²) in [4.78, 5) is 16.4. The topological polar surface area (TPSA) is 73.6 Å². The molecule has 0 aliphatic rings. The lowest BCUT2D eigenvalue weighted by molar-refractivity contribution is 0.0995. The SMILES string of the molecule is COc1cc2nc(NC(=O)c3ccc(Br)o3)sc2cc1OC. The fourth-order valence-corrected chi connectivity index (χ4v) is 3.08. The van der Waals surface area contributed by atoms with Gasteiger partial charge in [-0.15, -0.1) is 0 Å². The first kappa shape index (κ1) is 14.9. The second-order valence-corrected chi connectivity index (χ2v) is 6.06. The highest BCUT2D eigenvalue weighted by Crippen LogP contribution is 2.36. The molecule has 3 rings (SSSR count). The normalized spacial score (nSPS) is 10.7. The van der Waals surface area contributed by atoms with Gasteiger partial charge < -0.3 is 13.9 Å². The number of aromatic nitrogens is 1. The Hall–Kier alpha value is -2.06. The molecule has 0 saturated heterocycles. The summed E-state index contributed by atoms with van der Waals surface area (Å²) < 4.78 is 17.1. The van der Waals surface area contributed by atoms with Crippen LogP contribution < -0.4 is 14.8 Å². The highest BCUT2D eigenvalue weighted by atomic mass is 79.9. The average molecular weight is 383 g/mol. The van der Waals surface area contributed by atoms with Gasteiger partial charge in [0.25, 0.3) is 5.91 Å². The van der Waals surface area contributed by atoms with Gasteiger partial charge in [-0.25, -0.2) is 4.98 Å². The van der Waals surface area contributed by atoms with E-state index in [2.05, 4.69) is 26.2 Å². The van der Waals surface area contributed by atoms with Gasteiger partial charge in [-0.1, -0.05) is 11.3 Å². The number of amides is 1. The van der Waals surface area contributed by atoms with Gasteiger partial charge in [0, 0.05) is 12.1 Å². The molecule has 0 unspecified atom stereocenters. The van der Waals surface area contributed by atoms with Crippen LogP contribution in [0.15, 0.2) is 33.4 Å². The molecule has 0 fully saturated rings. The van der Waals surface area contributed by atoms with Gasteiger partial charge in [0.1, 0.15) is 0 Å². The predicted molar refractivity (Wildman–Crippen MR) is 87.1 cm³/mol. The molecule has 2 aromatic heterocycles. The molecule has 0 bridgehead atoms. The molecule has 2 heterocycles. The standard InChI is InChI=1S/C14H11BrN2O4S/c1-19-9-5-7-11(6-10(9)20-2)22-14(16-7)17-13(18)8-3-4-12(15)21-8/h3-6H,1-2H3,(H,16,17,18). The lowest BCUT2D eigenvalue weighted by Gasteiger charge is -2.05. The van der Waals surface area contributed by atoms with Crippen LogP contribution in [0.5, 0.6) is 11.5 Å². The number of benzene rings is 1. The highest BCUT2D eigenvalue weighted by molar-refractivity contribution is 9.10. The van der Waals surface area contributed by atoms with Crippen molar-refractivity contribution in [2.75, 3.05) is 19.5 Å². The quantitative estimate of drug-likeness (QED) is 0.739. The third-order valence-electron chi connectivity index (χ3n) is 2.91. The van der Waals surface area contributed by atoms with Crippen molar-refractivity contribution in [1.82, 2.24) is 4.98 Å². The Morgan fingerprint density at radius 2 is 2.00 bits per heavy atom. The van der Waals surface area contributed by atoms with Crippen molar-refractivity contribution in [2.45, 2.75) is 0 Å². The summed E-state index contributed by atoms with van der Waals surface area (Å²) in [7, 11) is 3.13. The lowest BCUT2D eigenvalue weighted by atomic mass is 10.3. The minimum Gasteiger partial charge on any atom is -0.493 e. The molecule has 3 aromatic rings. The molecule has 0 radical (unpaired) electrons. The first-order valence-electron chi connectivity index (χ1n) is 6.20. The summed E-state index contributed by atoms with van der Waals surface area (Å²) in [5.74, 6) is 1.06. The van der Waals surface area contributed by atoms with Crippen molar-refractivity contribution in [1.29, 1.82) is 0 Å². The number of rotatable bonds is 4. The molecule has 0 saturated carbocycles. The molecular formula is C14H11BrN2O4S. The largest absolute Gasteiger partial charge is 0.493 e. The Kier molecular flexibility index (Phi) is 4.04. The van der Waals surface area contributed by atoms with Gasteiger partial charge in [0.2, 0.25) is 0 Å². The highest BCUT2D eigenvalue weighted by Gasteiger charge is 2.15. The van der Waals surface area contributed by atoms with Crippen molar-refractivity contribution in [3.05, 3.63) is 34.7 Å². The Balaban J connectivity index is 1.90. The number of ether oxygens (including phenoxy) is 2. The Morgan fingerprint density at radius 3 is 2.64 bits per heavy atom. The molecule has 6 nitrogen and oxygen atoms in total. The zero-order valence-corrected chi connectivity index (χ0v) is 14.1. The van der Waals surface area contributed by atoms with Crippen LogP contribution in [0.3, 0.4) is 0 Å². The number of methoxy groups -OCH3 is 2. The molecule has 1 N–H and O–H groups in total. The van der Waals surface area contributed by atoms with E-state index in [4.69, 9.17) is 13.9 Å². The maximum absolute atomic E-state index is 12.0. The van der Waals surface area contributed by atoms with Crippen LogP contribution in [0.2, 0.25) is 0 Å². The number of nitrogens with zero attached hydrogens (tertiary/aromatic N) is 1. The zero-order valence-electron chi connectivity index (χ0n) is 11.7. The van der Waals surface area contributed by atoms with Crippen molar-refractivity contribution in [2.24, 2.45) is 0 Å². The van der Waals surface area contributed by atoms with Crippen molar-refractivity contribution in [3.8, 4) is 11.5 Å². The van der Waals surface area contributed by atoms with E-state index < -0.39 is 0 Å². The number of halogens is 1. The minimum atomic E-state index is -0.358. The van der Waals surface area contributed by atoms with E-state index >= 15 is 0 Å². The molecule has 22 heavy (non-hydrogen) atoms. The minimum absolute atomic E-state index is 0.210.